The predicted molar refractivity (Wildman–Crippen MR) is 64.1 cm³/mol. The fourth-order valence-corrected chi connectivity index (χ4v) is 2.01. The Balaban J connectivity index is 1.71. The summed E-state index contributed by atoms with van der Waals surface area (Å²) < 4.78 is 7.15. The van der Waals surface area contributed by atoms with E-state index in [1.165, 1.54) is 0 Å². The van der Waals surface area contributed by atoms with Gasteiger partial charge in [-0.05, 0) is 13.3 Å². The highest BCUT2D eigenvalue weighted by molar-refractivity contribution is 5.06. The van der Waals surface area contributed by atoms with E-state index in [2.05, 4.69) is 20.3 Å². The average molecular weight is 245 g/mol. The summed E-state index contributed by atoms with van der Waals surface area (Å²) in [6.45, 7) is 4.10. The molecule has 6 heteroatoms. The summed E-state index contributed by atoms with van der Waals surface area (Å²) in [4.78, 5) is 8.52. The molecule has 1 unspecified atom stereocenters. The van der Waals surface area contributed by atoms with Gasteiger partial charge in [0.15, 0.2) is 0 Å². The quantitative estimate of drug-likeness (QED) is 0.804. The first-order chi connectivity index (χ1) is 8.81. The number of rotatable bonds is 3. The molecule has 0 spiro atoms. The summed E-state index contributed by atoms with van der Waals surface area (Å²) in [7, 11) is 0. The van der Waals surface area contributed by atoms with Gasteiger partial charge in [0.1, 0.15) is 0 Å². The molecule has 3 rings (SSSR count). The third kappa shape index (κ3) is 2.38. The van der Waals surface area contributed by atoms with E-state index in [4.69, 9.17) is 4.74 Å². The van der Waals surface area contributed by atoms with Crippen molar-refractivity contribution < 1.29 is 4.74 Å². The molecule has 0 N–H and O–H groups in total. The van der Waals surface area contributed by atoms with E-state index in [0.29, 0.717) is 12.5 Å². The number of nitrogens with zero attached hydrogens (tertiary/aromatic N) is 5. The molecular formula is C12H15N5O. The van der Waals surface area contributed by atoms with Gasteiger partial charge in [0, 0.05) is 24.9 Å². The Bertz CT molecular complexity index is 516. The van der Waals surface area contributed by atoms with Crippen molar-refractivity contribution in [3.63, 3.8) is 0 Å². The molecule has 2 aromatic heterocycles. The Morgan fingerprint density at radius 1 is 1.39 bits per heavy atom. The van der Waals surface area contributed by atoms with E-state index in [0.717, 1.165) is 36.7 Å². The van der Waals surface area contributed by atoms with E-state index in [1.807, 2.05) is 13.1 Å². The second kappa shape index (κ2) is 4.81. The average Bonchev–Trinajstić information content (AvgIpc) is 3.02. The molecule has 0 radical (unpaired) electrons. The molecule has 2 aromatic rings. The Morgan fingerprint density at radius 3 is 3.06 bits per heavy atom. The Kier molecular flexibility index (Phi) is 3.02. The van der Waals surface area contributed by atoms with E-state index < -0.39 is 0 Å². The van der Waals surface area contributed by atoms with Crippen molar-refractivity contribution in [1.29, 1.82) is 0 Å². The first kappa shape index (κ1) is 11.3. The van der Waals surface area contributed by atoms with E-state index in [9.17, 15) is 0 Å². The highest BCUT2D eigenvalue weighted by Gasteiger charge is 2.20. The lowest BCUT2D eigenvalue weighted by Gasteiger charge is -2.01. The van der Waals surface area contributed by atoms with Crippen LogP contribution >= 0.6 is 0 Å². The van der Waals surface area contributed by atoms with Crippen LogP contribution in [0, 0.1) is 6.92 Å². The minimum Gasteiger partial charge on any atom is -0.381 e. The Hall–Kier alpha value is -1.82. The van der Waals surface area contributed by atoms with Crippen LogP contribution < -0.4 is 0 Å². The second-order valence-electron chi connectivity index (χ2n) is 4.55. The van der Waals surface area contributed by atoms with Crippen LogP contribution in [0.25, 0.3) is 0 Å². The summed E-state index contributed by atoms with van der Waals surface area (Å²) in [5.74, 6) is 0.392. The zero-order valence-electron chi connectivity index (χ0n) is 10.3. The summed E-state index contributed by atoms with van der Waals surface area (Å²) in [6, 6.07) is 0. The van der Waals surface area contributed by atoms with E-state index in [1.54, 1.807) is 17.1 Å². The van der Waals surface area contributed by atoms with Crippen LogP contribution in [0.3, 0.4) is 0 Å². The first-order valence-electron chi connectivity index (χ1n) is 6.06. The molecule has 0 saturated carbocycles. The molecule has 0 aliphatic carbocycles. The van der Waals surface area contributed by atoms with Crippen LogP contribution in [-0.2, 0) is 11.3 Å². The van der Waals surface area contributed by atoms with E-state index in [-0.39, 0.29) is 0 Å². The number of hydrogen-bond acceptors (Lipinski definition) is 5. The monoisotopic (exact) mass is 245 g/mol. The van der Waals surface area contributed by atoms with Gasteiger partial charge in [-0.2, -0.15) is 0 Å². The van der Waals surface area contributed by atoms with Gasteiger partial charge < -0.3 is 4.74 Å². The van der Waals surface area contributed by atoms with Crippen molar-refractivity contribution in [2.24, 2.45) is 0 Å². The van der Waals surface area contributed by atoms with Crippen LogP contribution in [0.2, 0.25) is 0 Å². The molecule has 18 heavy (non-hydrogen) atoms. The fraction of sp³-hybridized carbons (Fsp3) is 0.500. The lowest BCUT2D eigenvalue weighted by Crippen LogP contribution is -2.03. The van der Waals surface area contributed by atoms with Crippen LogP contribution in [0.5, 0.6) is 0 Å². The van der Waals surface area contributed by atoms with Gasteiger partial charge in [-0.3, -0.25) is 9.97 Å². The van der Waals surface area contributed by atoms with Crippen molar-refractivity contribution >= 4 is 0 Å². The molecule has 0 aromatic carbocycles. The number of ether oxygens (including phenoxy) is 1. The molecule has 6 nitrogen and oxygen atoms in total. The summed E-state index contributed by atoms with van der Waals surface area (Å²) in [5, 5.41) is 8.32. The van der Waals surface area contributed by atoms with Crippen LogP contribution in [0.4, 0.5) is 0 Å². The van der Waals surface area contributed by atoms with Gasteiger partial charge >= 0.3 is 0 Å². The topological polar surface area (TPSA) is 65.7 Å². The van der Waals surface area contributed by atoms with Crippen LogP contribution in [0.1, 0.15) is 29.4 Å². The lowest BCUT2D eigenvalue weighted by molar-refractivity contribution is 0.193. The molecule has 1 atom stereocenters. The number of aromatic nitrogens is 5. The molecule has 3 heterocycles. The highest BCUT2D eigenvalue weighted by atomic mass is 16.5. The number of aryl methyl sites for hydroxylation is 1. The zero-order chi connectivity index (χ0) is 12.4. The third-order valence-corrected chi connectivity index (χ3v) is 3.06. The molecular weight excluding hydrogens is 230 g/mol. The van der Waals surface area contributed by atoms with Gasteiger partial charge in [0.25, 0.3) is 0 Å². The van der Waals surface area contributed by atoms with Gasteiger partial charge in [-0.15, -0.1) is 5.10 Å². The van der Waals surface area contributed by atoms with Gasteiger partial charge in [0.05, 0.1) is 36.4 Å². The Morgan fingerprint density at radius 2 is 2.33 bits per heavy atom. The fourth-order valence-electron chi connectivity index (χ4n) is 2.01. The standard InChI is InChI=1S/C12H15N5O/c1-9-4-14-11(5-13-9)6-17-7-12(15-16-17)10-2-3-18-8-10/h4-5,7,10H,2-3,6,8H2,1H3. The minimum absolute atomic E-state index is 0.392. The normalized spacial score (nSPS) is 19.3. The minimum atomic E-state index is 0.392. The molecule has 1 aliphatic rings. The van der Waals surface area contributed by atoms with Gasteiger partial charge in [-0.1, -0.05) is 5.21 Å². The zero-order valence-corrected chi connectivity index (χ0v) is 10.3. The molecule has 0 amide bonds. The molecule has 1 saturated heterocycles. The molecule has 1 aliphatic heterocycles. The highest BCUT2D eigenvalue weighted by Crippen LogP contribution is 2.22. The maximum absolute atomic E-state index is 5.35. The molecule has 1 fully saturated rings. The van der Waals surface area contributed by atoms with Crippen molar-refractivity contribution in [2.75, 3.05) is 13.2 Å². The summed E-state index contributed by atoms with van der Waals surface area (Å²) in [5.41, 5.74) is 2.81. The van der Waals surface area contributed by atoms with Crippen LogP contribution in [0.15, 0.2) is 18.6 Å². The summed E-state index contributed by atoms with van der Waals surface area (Å²) in [6.07, 6.45) is 6.54. The largest absolute Gasteiger partial charge is 0.381 e. The van der Waals surface area contributed by atoms with E-state index >= 15 is 0 Å². The second-order valence-corrected chi connectivity index (χ2v) is 4.55. The molecule has 0 bridgehead atoms. The lowest BCUT2D eigenvalue weighted by atomic mass is 10.1. The predicted octanol–water partition coefficient (Wildman–Crippen LogP) is 0.929. The SMILES string of the molecule is Cc1cnc(Cn2cc(C3CCOC3)nn2)cn1. The van der Waals surface area contributed by atoms with Gasteiger partial charge in [0.2, 0.25) is 0 Å². The van der Waals surface area contributed by atoms with Crippen molar-refractivity contribution in [3.8, 4) is 0 Å². The van der Waals surface area contributed by atoms with Crippen molar-refractivity contribution in [2.45, 2.75) is 25.8 Å². The van der Waals surface area contributed by atoms with Crippen molar-refractivity contribution in [3.05, 3.63) is 35.7 Å². The first-order valence-corrected chi connectivity index (χ1v) is 6.06. The maximum atomic E-state index is 5.35. The van der Waals surface area contributed by atoms with Gasteiger partial charge in [-0.25, -0.2) is 4.68 Å². The van der Waals surface area contributed by atoms with Crippen molar-refractivity contribution in [1.82, 2.24) is 25.0 Å². The maximum Gasteiger partial charge on any atom is 0.0881 e. The summed E-state index contributed by atoms with van der Waals surface area (Å²) >= 11 is 0. The number of hydrogen-bond donors (Lipinski definition) is 0. The third-order valence-electron chi connectivity index (χ3n) is 3.06. The molecule has 94 valence electrons. The van der Waals surface area contributed by atoms with Crippen LogP contribution in [-0.4, -0.2) is 38.2 Å². The Labute approximate surface area is 105 Å². The smallest absolute Gasteiger partial charge is 0.0881 e.